The molecule has 6 rings (SSSR count). The molecule has 2 fully saturated rings. The molecule has 10 heteroatoms. The number of rotatable bonds is 3. The molecule has 0 radical (unpaired) electrons. The predicted octanol–water partition coefficient (Wildman–Crippen LogP) is 2.98. The fourth-order valence-corrected chi connectivity index (χ4v) is 4.86. The van der Waals surface area contributed by atoms with Gasteiger partial charge in [-0.05, 0) is 44.2 Å². The van der Waals surface area contributed by atoms with Crippen LogP contribution in [0.5, 0.6) is 0 Å². The van der Waals surface area contributed by atoms with Crippen molar-refractivity contribution in [3.63, 3.8) is 0 Å². The lowest BCUT2D eigenvalue weighted by Gasteiger charge is -2.19. The standard InChI is InChI=1S/C25H23FN8O/c1-3-22(35)32-11-17(8-14(32)2)34-25-23(24(27)28-12-29-25)19(31-34)7-4-15-9-20-21(10-18(15)26)33(13-30-20)16-5-6-16/h3,9-10,12-14,16-17H,1,5-6,8,11H2,2H3,(H2,27,28,29)/t14-,17-/m0/s1. The number of hydrogen-bond acceptors (Lipinski definition) is 6. The Labute approximate surface area is 200 Å². The first kappa shape index (κ1) is 21.3. The van der Waals surface area contributed by atoms with E-state index in [1.165, 1.54) is 18.5 Å². The minimum atomic E-state index is -0.413. The topological polar surface area (TPSA) is 108 Å². The molecule has 1 saturated carbocycles. The van der Waals surface area contributed by atoms with Crippen LogP contribution in [0, 0.1) is 17.7 Å². The normalized spacial score (nSPS) is 19.8. The van der Waals surface area contributed by atoms with E-state index in [0.717, 1.165) is 18.4 Å². The van der Waals surface area contributed by atoms with Crippen LogP contribution in [0.4, 0.5) is 10.2 Å². The Balaban J connectivity index is 1.40. The van der Waals surface area contributed by atoms with Crippen molar-refractivity contribution in [2.45, 2.75) is 44.3 Å². The number of amides is 1. The average Bonchev–Trinajstić information content (AvgIpc) is 3.33. The summed E-state index contributed by atoms with van der Waals surface area (Å²) in [6, 6.07) is 3.47. The second kappa shape index (κ2) is 7.91. The number of carbonyl (C=O) groups excluding carboxylic acids is 1. The minimum Gasteiger partial charge on any atom is -0.383 e. The maximum absolute atomic E-state index is 14.9. The molecule has 1 aromatic carbocycles. The fraction of sp³-hybridized carbons (Fsp3) is 0.320. The Morgan fingerprint density at radius 2 is 2.06 bits per heavy atom. The van der Waals surface area contributed by atoms with Gasteiger partial charge >= 0.3 is 0 Å². The van der Waals surface area contributed by atoms with Gasteiger partial charge in [-0.1, -0.05) is 12.5 Å². The van der Waals surface area contributed by atoms with Crippen LogP contribution in [0.1, 0.15) is 49.5 Å². The highest BCUT2D eigenvalue weighted by Gasteiger charge is 2.34. The van der Waals surface area contributed by atoms with Gasteiger partial charge in [0.05, 0.1) is 34.4 Å². The lowest BCUT2D eigenvalue weighted by molar-refractivity contribution is -0.126. The predicted molar refractivity (Wildman–Crippen MR) is 129 cm³/mol. The van der Waals surface area contributed by atoms with Crippen molar-refractivity contribution in [2.75, 3.05) is 12.3 Å². The third-order valence-corrected chi connectivity index (χ3v) is 6.79. The van der Waals surface area contributed by atoms with Crippen molar-refractivity contribution >= 4 is 33.8 Å². The summed E-state index contributed by atoms with van der Waals surface area (Å²) in [5, 5.41) is 5.20. The molecule has 1 aliphatic carbocycles. The number of halogens is 1. The third kappa shape index (κ3) is 3.51. The molecule has 3 aromatic heterocycles. The summed E-state index contributed by atoms with van der Waals surface area (Å²) in [5.74, 6) is 5.59. The van der Waals surface area contributed by atoms with Crippen LogP contribution < -0.4 is 5.73 Å². The number of fused-ring (bicyclic) bond motifs is 2. The van der Waals surface area contributed by atoms with Gasteiger partial charge in [-0.3, -0.25) is 4.79 Å². The Bertz CT molecular complexity index is 1570. The highest BCUT2D eigenvalue weighted by atomic mass is 19.1. The van der Waals surface area contributed by atoms with Crippen molar-refractivity contribution in [1.29, 1.82) is 0 Å². The van der Waals surface area contributed by atoms with Gasteiger partial charge in [0.2, 0.25) is 5.91 Å². The maximum Gasteiger partial charge on any atom is 0.246 e. The van der Waals surface area contributed by atoms with E-state index < -0.39 is 5.82 Å². The molecule has 0 unspecified atom stereocenters. The van der Waals surface area contributed by atoms with Crippen LogP contribution in [-0.4, -0.2) is 52.7 Å². The van der Waals surface area contributed by atoms with E-state index in [2.05, 4.69) is 38.5 Å². The second-order valence-electron chi connectivity index (χ2n) is 9.14. The van der Waals surface area contributed by atoms with E-state index >= 15 is 0 Å². The number of benzene rings is 1. The number of anilines is 1. The third-order valence-electron chi connectivity index (χ3n) is 6.79. The number of carbonyl (C=O) groups is 1. The van der Waals surface area contributed by atoms with Crippen molar-refractivity contribution in [3.05, 3.63) is 54.5 Å². The fourth-order valence-electron chi connectivity index (χ4n) is 4.86. The molecule has 0 spiro atoms. The lowest BCUT2D eigenvalue weighted by atomic mass is 10.1. The summed E-state index contributed by atoms with van der Waals surface area (Å²) < 4.78 is 18.7. The first-order valence-corrected chi connectivity index (χ1v) is 11.5. The van der Waals surface area contributed by atoms with Gasteiger partial charge in [-0.15, -0.1) is 0 Å². The molecule has 0 bridgehead atoms. The van der Waals surface area contributed by atoms with Crippen molar-refractivity contribution in [1.82, 2.24) is 34.2 Å². The average molecular weight is 471 g/mol. The van der Waals surface area contributed by atoms with Crippen LogP contribution in [0.25, 0.3) is 22.1 Å². The first-order chi connectivity index (χ1) is 16.9. The number of nitrogens with two attached hydrogens (primary N) is 1. The van der Waals surface area contributed by atoms with Gasteiger partial charge in [-0.25, -0.2) is 24.0 Å². The molecule has 4 aromatic rings. The molecule has 1 saturated heterocycles. The number of nitrogens with zero attached hydrogens (tertiary/aromatic N) is 7. The molecule has 9 nitrogen and oxygen atoms in total. The summed E-state index contributed by atoms with van der Waals surface area (Å²) in [6.07, 6.45) is 7.33. The zero-order valence-corrected chi connectivity index (χ0v) is 19.1. The first-order valence-electron chi connectivity index (χ1n) is 11.5. The van der Waals surface area contributed by atoms with Gasteiger partial charge < -0.3 is 15.2 Å². The van der Waals surface area contributed by atoms with Gasteiger partial charge in [0.25, 0.3) is 0 Å². The quantitative estimate of drug-likeness (QED) is 0.364. The largest absolute Gasteiger partial charge is 0.383 e. The highest BCUT2D eigenvalue weighted by Crippen LogP contribution is 2.37. The Kier molecular flexibility index (Phi) is 4.81. The Morgan fingerprint density at radius 1 is 1.23 bits per heavy atom. The maximum atomic E-state index is 14.9. The van der Waals surface area contributed by atoms with E-state index in [1.54, 1.807) is 22.0 Å². The zero-order valence-electron chi connectivity index (χ0n) is 19.1. The lowest BCUT2D eigenvalue weighted by Crippen LogP contribution is -2.32. The van der Waals surface area contributed by atoms with Gasteiger partial charge in [0, 0.05) is 24.7 Å². The number of nitrogen functional groups attached to an aromatic ring is 1. The van der Waals surface area contributed by atoms with E-state index in [0.29, 0.717) is 41.3 Å². The number of likely N-dealkylation sites (tertiary alicyclic amines) is 1. The molecule has 1 amide bonds. The zero-order chi connectivity index (χ0) is 24.3. The van der Waals surface area contributed by atoms with Gasteiger partial charge in [0.1, 0.15) is 23.7 Å². The molecule has 2 N–H and O–H groups in total. The van der Waals surface area contributed by atoms with Gasteiger partial charge in [-0.2, -0.15) is 5.10 Å². The van der Waals surface area contributed by atoms with Crippen LogP contribution in [0.2, 0.25) is 0 Å². The smallest absolute Gasteiger partial charge is 0.246 e. The molecule has 176 valence electrons. The van der Waals surface area contributed by atoms with Crippen LogP contribution in [0.15, 0.2) is 37.4 Å². The minimum absolute atomic E-state index is 0.0229. The molecule has 2 aliphatic rings. The highest BCUT2D eigenvalue weighted by molar-refractivity contribution is 5.91. The molecular weight excluding hydrogens is 447 g/mol. The molecule has 2 atom stereocenters. The van der Waals surface area contributed by atoms with E-state index in [-0.39, 0.29) is 29.4 Å². The van der Waals surface area contributed by atoms with E-state index in [1.807, 2.05) is 11.5 Å². The summed E-state index contributed by atoms with van der Waals surface area (Å²) in [5.41, 5.74) is 8.77. The van der Waals surface area contributed by atoms with Crippen molar-refractivity contribution in [2.24, 2.45) is 0 Å². The Morgan fingerprint density at radius 3 is 2.83 bits per heavy atom. The summed E-state index contributed by atoms with van der Waals surface area (Å²) >= 11 is 0. The van der Waals surface area contributed by atoms with Crippen molar-refractivity contribution < 1.29 is 9.18 Å². The molecule has 1 aliphatic heterocycles. The van der Waals surface area contributed by atoms with Crippen LogP contribution >= 0.6 is 0 Å². The second-order valence-corrected chi connectivity index (χ2v) is 9.14. The van der Waals surface area contributed by atoms with E-state index in [4.69, 9.17) is 5.73 Å². The Hall–Kier alpha value is -4.26. The van der Waals surface area contributed by atoms with Crippen LogP contribution in [0.3, 0.4) is 0 Å². The van der Waals surface area contributed by atoms with Gasteiger partial charge in [0.15, 0.2) is 5.65 Å². The molecule has 4 heterocycles. The molecular formula is C25H23FN8O. The summed E-state index contributed by atoms with van der Waals surface area (Å²) in [6.45, 7) is 6.04. The summed E-state index contributed by atoms with van der Waals surface area (Å²) in [7, 11) is 0. The number of hydrogen-bond donors (Lipinski definition) is 1. The SMILES string of the molecule is C=CC(=O)N1C[C@@H](n2nc(C#Cc3cc4ncn(C5CC5)c4cc3F)c3c(N)ncnc32)C[C@@H]1C. The molecule has 35 heavy (non-hydrogen) atoms. The van der Waals surface area contributed by atoms with E-state index in [9.17, 15) is 9.18 Å². The monoisotopic (exact) mass is 470 g/mol. The van der Waals surface area contributed by atoms with Crippen molar-refractivity contribution in [3.8, 4) is 11.8 Å². The summed E-state index contributed by atoms with van der Waals surface area (Å²) in [4.78, 5) is 26.9. The number of imidazole rings is 1. The van der Waals surface area contributed by atoms with Crippen LogP contribution in [-0.2, 0) is 4.79 Å². The number of aromatic nitrogens is 6.